The highest BCUT2D eigenvalue weighted by atomic mass is 35.5. The van der Waals surface area contributed by atoms with Crippen molar-refractivity contribution in [2.45, 2.75) is 24.5 Å². The molecule has 0 radical (unpaired) electrons. The van der Waals surface area contributed by atoms with Gasteiger partial charge in [0.15, 0.2) is 5.78 Å². The number of benzene rings is 3. The molecule has 3 aromatic carbocycles. The molecule has 1 amide bonds. The average molecular weight is 558 g/mol. The predicted molar refractivity (Wildman–Crippen MR) is 146 cm³/mol. The number of carbonyl (C=O) groups is 2. The molecule has 1 saturated carbocycles. The van der Waals surface area contributed by atoms with Crippen LogP contribution in [-0.2, 0) is 16.0 Å². The fourth-order valence-electron chi connectivity index (χ4n) is 4.59. The third-order valence-electron chi connectivity index (χ3n) is 6.37. The number of hydrogen-bond donors (Lipinski definition) is 1. The quantitative estimate of drug-likeness (QED) is 0.288. The molecule has 2 N–H and O–H groups in total. The lowest BCUT2D eigenvalue weighted by molar-refractivity contribution is -0.128. The number of ketones is 1. The van der Waals surface area contributed by atoms with Crippen molar-refractivity contribution >= 4 is 70.2 Å². The lowest BCUT2D eigenvalue weighted by atomic mass is 10.0. The second-order valence-electron chi connectivity index (χ2n) is 8.81. The van der Waals surface area contributed by atoms with E-state index in [1.54, 1.807) is 53.5 Å². The van der Waals surface area contributed by atoms with Gasteiger partial charge in [0.1, 0.15) is 0 Å². The number of rotatable bonds is 5. The minimum Gasteiger partial charge on any atom is -0.322 e. The molecule has 0 aromatic heterocycles. The van der Waals surface area contributed by atoms with Crippen LogP contribution in [0.1, 0.15) is 16.7 Å². The maximum absolute atomic E-state index is 13.5. The maximum Gasteiger partial charge on any atom is 0.241 e. The van der Waals surface area contributed by atoms with E-state index in [2.05, 4.69) is 0 Å². The number of likely N-dealkylation sites (tertiary alicyclic amines) is 1. The van der Waals surface area contributed by atoms with E-state index in [9.17, 15) is 9.59 Å². The van der Waals surface area contributed by atoms with E-state index in [4.69, 9.17) is 52.1 Å². The topological polar surface area (TPSA) is 63.2 Å². The smallest absolute Gasteiger partial charge is 0.241 e. The number of carbonyl (C=O) groups excluding carboxylic acids is 2. The van der Waals surface area contributed by atoms with Crippen LogP contribution in [0.5, 0.6) is 0 Å². The van der Waals surface area contributed by atoms with Gasteiger partial charge in [-0.25, -0.2) is 0 Å². The Kier molecular flexibility index (Phi) is 6.99. The monoisotopic (exact) mass is 556 g/mol. The third kappa shape index (κ3) is 4.84. The Bertz CT molecular complexity index is 1360. The molecule has 3 aromatic rings. The number of nitrogens with zero attached hydrogens (tertiary/aromatic N) is 1. The minimum absolute atomic E-state index is 0.136. The molecular weight excluding hydrogens is 538 g/mol. The Morgan fingerprint density at radius 3 is 1.78 bits per heavy atom. The molecule has 36 heavy (non-hydrogen) atoms. The number of halogens is 4. The van der Waals surface area contributed by atoms with Gasteiger partial charge in [-0.1, -0.05) is 88.9 Å². The summed E-state index contributed by atoms with van der Waals surface area (Å²) >= 11 is 24.5. The first kappa shape index (κ1) is 25.1. The third-order valence-corrected chi connectivity index (χ3v) is 7.85. The van der Waals surface area contributed by atoms with Gasteiger partial charge in [0.05, 0.1) is 38.2 Å². The van der Waals surface area contributed by atoms with E-state index in [0.29, 0.717) is 37.7 Å². The molecule has 2 fully saturated rings. The molecule has 1 aliphatic carbocycles. The van der Waals surface area contributed by atoms with Gasteiger partial charge in [0.25, 0.3) is 0 Å². The van der Waals surface area contributed by atoms with Crippen molar-refractivity contribution < 1.29 is 9.59 Å². The van der Waals surface area contributed by atoms with Gasteiger partial charge in [0.2, 0.25) is 5.91 Å². The molecule has 3 unspecified atom stereocenters. The first-order chi connectivity index (χ1) is 17.2. The lowest BCUT2D eigenvalue weighted by Crippen LogP contribution is -2.39. The highest BCUT2D eigenvalue weighted by Crippen LogP contribution is 2.49. The molecule has 0 spiro atoms. The van der Waals surface area contributed by atoms with E-state index < -0.39 is 18.1 Å². The molecule has 0 bridgehead atoms. The largest absolute Gasteiger partial charge is 0.322 e. The number of fused-ring (bicyclic) bond motifs is 1. The molecule has 8 heteroatoms. The Morgan fingerprint density at radius 2 is 1.31 bits per heavy atom. The van der Waals surface area contributed by atoms with E-state index in [1.807, 2.05) is 30.3 Å². The number of nitrogens with two attached hydrogens (primary N) is 1. The highest BCUT2D eigenvalue weighted by molar-refractivity contribution is 6.42. The second kappa shape index (κ2) is 10.0. The van der Waals surface area contributed by atoms with Gasteiger partial charge in [-0.15, -0.1) is 0 Å². The summed E-state index contributed by atoms with van der Waals surface area (Å²) in [5, 5.41) is 1.61. The summed E-state index contributed by atoms with van der Waals surface area (Å²) in [4.78, 5) is 28.5. The Labute approximate surface area is 228 Å². The summed E-state index contributed by atoms with van der Waals surface area (Å²) in [6.45, 7) is 0. The van der Waals surface area contributed by atoms with Crippen molar-refractivity contribution in [3.8, 4) is 0 Å². The zero-order valence-electron chi connectivity index (χ0n) is 18.8. The molecule has 5 rings (SSSR count). The number of Topliss-reactive ketones (excluding diaryl/α,β-unsaturated/α-hetero) is 1. The van der Waals surface area contributed by atoms with Crippen LogP contribution in [0.2, 0.25) is 20.1 Å². The first-order valence-electron chi connectivity index (χ1n) is 11.2. The summed E-state index contributed by atoms with van der Waals surface area (Å²) in [5.74, 6) is -0.343. The van der Waals surface area contributed by atoms with Crippen molar-refractivity contribution in [2.24, 2.45) is 5.73 Å². The van der Waals surface area contributed by atoms with Crippen molar-refractivity contribution in [3.05, 3.63) is 115 Å². The van der Waals surface area contributed by atoms with Crippen LogP contribution < -0.4 is 5.73 Å². The van der Waals surface area contributed by atoms with Crippen molar-refractivity contribution in [3.63, 3.8) is 0 Å². The zero-order valence-corrected chi connectivity index (χ0v) is 21.8. The Hall–Kier alpha value is -2.60. The van der Waals surface area contributed by atoms with Crippen molar-refractivity contribution in [1.29, 1.82) is 0 Å². The highest BCUT2D eigenvalue weighted by Gasteiger charge is 2.63. The van der Waals surface area contributed by atoms with Crippen LogP contribution in [0.4, 0.5) is 0 Å². The Balaban J connectivity index is 1.49. The maximum atomic E-state index is 13.5. The van der Waals surface area contributed by atoms with Gasteiger partial charge < -0.3 is 10.6 Å². The number of amides is 1. The lowest BCUT2D eigenvalue weighted by Gasteiger charge is -2.16. The number of hydrogen-bond acceptors (Lipinski definition) is 3. The molecular formula is C28H20Cl4N2O2. The van der Waals surface area contributed by atoms with Gasteiger partial charge in [-0.2, -0.15) is 0 Å². The van der Waals surface area contributed by atoms with Crippen LogP contribution in [0, 0.1) is 0 Å². The molecule has 182 valence electrons. The second-order valence-corrected chi connectivity index (χ2v) is 10.4. The van der Waals surface area contributed by atoms with Crippen LogP contribution >= 0.6 is 46.4 Å². The SMILES string of the molecule is NC(Cc1ccccc1)C(=O)N1C2C(=Cc3ccc(Cl)c(Cl)c3)C(=O)C(=Cc3ccc(Cl)c(Cl)c3)C21. The fourth-order valence-corrected chi connectivity index (χ4v) is 5.21. The predicted octanol–water partition coefficient (Wildman–Crippen LogP) is 6.50. The molecule has 1 aliphatic heterocycles. The van der Waals surface area contributed by atoms with Crippen LogP contribution in [0.25, 0.3) is 12.2 Å². The zero-order chi connectivity index (χ0) is 25.6. The average Bonchev–Trinajstić information content (AvgIpc) is 3.53. The van der Waals surface area contributed by atoms with E-state index in [-0.39, 0.29) is 11.7 Å². The van der Waals surface area contributed by atoms with Gasteiger partial charge in [-0.05, 0) is 59.5 Å². The van der Waals surface area contributed by atoms with E-state index >= 15 is 0 Å². The van der Waals surface area contributed by atoms with Crippen LogP contribution in [-0.4, -0.2) is 34.7 Å². The first-order valence-corrected chi connectivity index (χ1v) is 12.8. The molecule has 2 aliphatic rings. The number of piperidine rings is 1. The van der Waals surface area contributed by atoms with Crippen molar-refractivity contribution in [2.75, 3.05) is 0 Å². The summed E-state index contributed by atoms with van der Waals surface area (Å²) in [5.41, 5.74) is 9.73. The summed E-state index contributed by atoms with van der Waals surface area (Å²) < 4.78 is 0. The van der Waals surface area contributed by atoms with Crippen molar-refractivity contribution in [1.82, 2.24) is 4.90 Å². The molecule has 1 saturated heterocycles. The normalized spacial score (nSPS) is 21.7. The minimum atomic E-state index is -0.731. The summed E-state index contributed by atoms with van der Waals surface area (Å²) in [6.07, 6.45) is 3.92. The van der Waals surface area contributed by atoms with Gasteiger partial charge >= 0.3 is 0 Å². The Morgan fingerprint density at radius 1 is 0.806 bits per heavy atom. The standard InChI is InChI=1S/C28H20Cl4N2O2/c29-20-8-6-16(12-22(20)31)10-18-25-26(19(27(18)35)11-17-7-9-21(30)23(32)13-17)34(25)28(36)24(33)14-15-4-2-1-3-5-15/h1-13,24-26H,14,33H2. The van der Waals surface area contributed by atoms with E-state index in [0.717, 1.165) is 16.7 Å². The van der Waals surface area contributed by atoms with Crippen LogP contribution in [0.3, 0.4) is 0 Å². The van der Waals surface area contributed by atoms with Gasteiger partial charge in [0, 0.05) is 11.1 Å². The summed E-state index contributed by atoms with van der Waals surface area (Å²) in [7, 11) is 0. The molecule has 4 nitrogen and oxygen atoms in total. The van der Waals surface area contributed by atoms with Crippen LogP contribution in [0.15, 0.2) is 77.9 Å². The fraction of sp³-hybridized carbons (Fsp3) is 0.143. The molecule has 1 heterocycles. The molecule has 3 atom stereocenters. The summed E-state index contributed by atoms with van der Waals surface area (Å²) in [6, 6.07) is 18.4. The van der Waals surface area contributed by atoms with Gasteiger partial charge in [-0.3, -0.25) is 9.59 Å². The van der Waals surface area contributed by atoms with E-state index in [1.165, 1.54) is 0 Å².